The van der Waals surface area contributed by atoms with Crippen LogP contribution in [0.5, 0.6) is 0 Å². The van der Waals surface area contributed by atoms with E-state index in [1.165, 1.54) is 0 Å². The highest BCUT2D eigenvalue weighted by atomic mass is 16.5. The maximum atomic E-state index is 11.1. The molecule has 0 aromatic heterocycles. The van der Waals surface area contributed by atoms with Gasteiger partial charge in [-0.2, -0.15) is 0 Å². The Hall–Kier alpha value is -0.570. The van der Waals surface area contributed by atoms with Gasteiger partial charge in [-0.3, -0.25) is 0 Å². The number of rotatable bonds is 8. The van der Waals surface area contributed by atoms with E-state index in [1.54, 1.807) is 6.92 Å². The first kappa shape index (κ1) is 14.4. The molecular formula is C12H24O3. The third-order valence-corrected chi connectivity index (χ3v) is 2.46. The molecule has 0 aliphatic heterocycles. The van der Waals surface area contributed by atoms with Gasteiger partial charge in [0.05, 0.1) is 6.10 Å². The summed E-state index contributed by atoms with van der Waals surface area (Å²) in [5, 5.41) is 9.11. The van der Waals surface area contributed by atoms with Crippen molar-refractivity contribution in [3.63, 3.8) is 0 Å². The van der Waals surface area contributed by atoms with E-state index in [2.05, 4.69) is 6.92 Å². The van der Waals surface area contributed by atoms with Crippen molar-refractivity contribution < 1.29 is 14.6 Å². The molecule has 3 nitrogen and oxygen atoms in total. The largest absolute Gasteiger partial charge is 0.479 e. The molecule has 0 aliphatic rings. The van der Waals surface area contributed by atoms with E-state index in [0.717, 1.165) is 25.7 Å². The quantitative estimate of drug-likeness (QED) is 0.634. The number of unbranched alkanes of at least 4 members (excludes halogenated alkanes) is 3. The third-order valence-electron chi connectivity index (χ3n) is 2.46. The van der Waals surface area contributed by atoms with Crippen molar-refractivity contribution >= 4 is 5.97 Å². The van der Waals surface area contributed by atoms with Crippen LogP contribution in [0.4, 0.5) is 0 Å². The summed E-state index contributed by atoms with van der Waals surface area (Å²) in [6, 6.07) is 0. The molecule has 0 aliphatic carbocycles. The molecule has 0 amide bonds. The lowest BCUT2D eigenvalue weighted by Crippen LogP contribution is -2.40. The molecule has 1 unspecified atom stereocenters. The summed E-state index contributed by atoms with van der Waals surface area (Å²) in [6.07, 6.45) is 4.88. The Morgan fingerprint density at radius 2 is 1.93 bits per heavy atom. The molecule has 1 atom stereocenters. The average Bonchev–Trinajstić information content (AvgIpc) is 2.11. The van der Waals surface area contributed by atoms with E-state index in [0.29, 0.717) is 6.42 Å². The zero-order valence-electron chi connectivity index (χ0n) is 10.4. The molecule has 0 aromatic carbocycles. The van der Waals surface area contributed by atoms with Crippen LogP contribution >= 0.6 is 0 Å². The van der Waals surface area contributed by atoms with Crippen LogP contribution in [-0.4, -0.2) is 22.8 Å². The zero-order valence-corrected chi connectivity index (χ0v) is 10.4. The molecular weight excluding hydrogens is 192 g/mol. The molecule has 0 radical (unpaired) electrons. The van der Waals surface area contributed by atoms with Gasteiger partial charge in [0, 0.05) is 0 Å². The molecule has 0 spiro atoms. The van der Waals surface area contributed by atoms with Gasteiger partial charge < -0.3 is 9.84 Å². The summed E-state index contributed by atoms with van der Waals surface area (Å²) in [5.41, 5.74) is -1.01. The molecule has 0 heterocycles. The van der Waals surface area contributed by atoms with E-state index in [1.807, 2.05) is 13.8 Å². The van der Waals surface area contributed by atoms with E-state index in [9.17, 15) is 4.79 Å². The van der Waals surface area contributed by atoms with Gasteiger partial charge in [0.1, 0.15) is 0 Å². The molecule has 0 saturated heterocycles. The van der Waals surface area contributed by atoms with Crippen molar-refractivity contribution in [3.05, 3.63) is 0 Å². The van der Waals surface area contributed by atoms with Crippen molar-refractivity contribution in [3.8, 4) is 0 Å². The molecule has 15 heavy (non-hydrogen) atoms. The second kappa shape index (κ2) is 6.83. The van der Waals surface area contributed by atoms with E-state index in [-0.39, 0.29) is 6.10 Å². The van der Waals surface area contributed by atoms with Gasteiger partial charge in [-0.1, -0.05) is 26.2 Å². The number of ether oxygens (including phenoxy) is 1. The van der Waals surface area contributed by atoms with Gasteiger partial charge in [0.15, 0.2) is 5.60 Å². The number of hydrogen-bond acceptors (Lipinski definition) is 2. The molecule has 1 N–H and O–H groups in total. The smallest absolute Gasteiger partial charge is 0.335 e. The maximum absolute atomic E-state index is 11.1. The fourth-order valence-corrected chi connectivity index (χ4v) is 1.63. The van der Waals surface area contributed by atoms with Crippen LogP contribution in [0.25, 0.3) is 0 Å². The molecule has 0 saturated carbocycles. The Kier molecular flexibility index (Phi) is 6.57. The Morgan fingerprint density at radius 1 is 1.33 bits per heavy atom. The number of hydrogen-bond donors (Lipinski definition) is 1. The van der Waals surface area contributed by atoms with Gasteiger partial charge in [0.2, 0.25) is 0 Å². The normalized spacial score (nSPS) is 15.3. The van der Waals surface area contributed by atoms with Crippen molar-refractivity contribution in [1.29, 1.82) is 0 Å². The number of carboxylic acids is 1. The van der Waals surface area contributed by atoms with Crippen molar-refractivity contribution in [2.75, 3.05) is 0 Å². The summed E-state index contributed by atoms with van der Waals surface area (Å²) in [6.45, 7) is 7.54. The summed E-state index contributed by atoms with van der Waals surface area (Å²) in [5.74, 6) is -0.854. The van der Waals surface area contributed by atoms with Gasteiger partial charge in [-0.05, 0) is 33.6 Å². The highest BCUT2D eigenvalue weighted by molar-refractivity contribution is 5.76. The van der Waals surface area contributed by atoms with Gasteiger partial charge in [-0.25, -0.2) is 4.79 Å². The second-order valence-corrected chi connectivity index (χ2v) is 4.51. The van der Waals surface area contributed by atoms with Crippen molar-refractivity contribution in [2.45, 2.75) is 71.5 Å². The minimum absolute atomic E-state index is 0.0442. The molecule has 0 aromatic rings. The van der Waals surface area contributed by atoms with Crippen LogP contribution in [0.15, 0.2) is 0 Å². The molecule has 0 rings (SSSR count). The lowest BCUT2D eigenvalue weighted by Gasteiger charge is -2.27. The van der Waals surface area contributed by atoms with Crippen LogP contribution in [-0.2, 0) is 9.53 Å². The van der Waals surface area contributed by atoms with Crippen LogP contribution in [0.3, 0.4) is 0 Å². The Morgan fingerprint density at radius 3 is 2.33 bits per heavy atom. The lowest BCUT2D eigenvalue weighted by atomic mass is 9.97. The Labute approximate surface area is 92.8 Å². The van der Waals surface area contributed by atoms with E-state index >= 15 is 0 Å². The summed E-state index contributed by atoms with van der Waals surface area (Å²) < 4.78 is 5.48. The SMILES string of the molecule is CCCCCCC(C)(OC(C)C)C(=O)O. The predicted molar refractivity (Wildman–Crippen MR) is 61.0 cm³/mol. The molecule has 0 fully saturated rings. The van der Waals surface area contributed by atoms with Crippen molar-refractivity contribution in [1.82, 2.24) is 0 Å². The lowest BCUT2D eigenvalue weighted by molar-refractivity contribution is -0.170. The highest BCUT2D eigenvalue weighted by Crippen LogP contribution is 2.22. The fraction of sp³-hybridized carbons (Fsp3) is 0.917. The third kappa shape index (κ3) is 5.78. The van der Waals surface area contributed by atoms with E-state index in [4.69, 9.17) is 9.84 Å². The number of carboxylic acid groups (broad SMARTS) is 1. The Balaban J connectivity index is 4.08. The van der Waals surface area contributed by atoms with Crippen LogP contribution in [0.2, 0.25) is 0 Å². The monoisotopic (exact) mass is 216 g/mol. The van der Waals surface area contributed by atoms with Crippen LogP contribution in [0.1, 0.15) is 59.8 Å². The first-order valence-corrected chi connectivity index (χ1v) is 5.83. The highest BCUT2D eigenvalue weighted by Gasteiger charge is 2.34. The van der Waals surface area contributed by atoms with Gasteiger partial charge >= 0.3 is 5.97 Å². The van der Waals surface area contributed by atoms with Crippen molar-refractivity contribution in [2.24, 2.45) is 0 Å². The first-order chi connectivity index (χ1) is 6.92. The molecule has 90 valence electrons. The maximum Gasteiger partial charge on any atom is 0.335 e. The standard InChI is InChI=1S/C12H24O3/c1-5-6-7-8-9-12(4,11(13)14)15-10(2)3/h10H,5-9H2,1-4H3,(H,13,14). The molecule has 0 bridgehead atoms. The predicted octanol–water partition coefficient (Wildman–Crippen LogP) is 3.23. The fourth-order valence-electron chi connectivity index (χ4n) is 1.63. The number of carbonyl (C=O) groups is 1. The zero-order chi connectivity index (χ0) is 11.9. The van der Waals surface area contributed by atoms with E-state index < -0.39 is 11.6 Å². The first-order valence-electron chi connectivity index (χ1n) is 5.83. The molecule has 3 heteroatoms. The number of aliphatic carboxylic acids is 1. The second-order valence-electron chi connectivity index (χ2n) is 4.51. The summed E-state index contributed by atoms with van der Waals surface area (Å²) >= 11 is 0. The van der Waals surface area contributed by atoms with Gasteiger partial charge in [-0.15, -0.1) is 0 Å². The summed E-state index contributed by atoms with van der Waals surface area (Å²) in [4.78, 5) is 11.1. The minimum atomic E-state index is -1.01. The summed E-state index contributed by atoms with van der Waals surface area (Å²) in [7, 11) is 0. The van der Waals surface area contributed by atoms with Gasteiger partial charge in [0.25, 0.3) is 0 Å². The van der Waals surface area contributed by atoms with Crippen LogP contribution < -0.4 is 0 Å². The minimum Gasteiger partial charge on any atom is -0.479 e. The topological polar surface area (TPSA) is 46.5 Å². The van der Waals surface area contributed by atoms with Crippen LogP contribution in [0, 0.1) is 0 Å². The Bertz CT molecular complexity index is 189. The average molecular weight is 216 g/mol.